The van der Waals surface area contributed by atoms with Crippen LogP contribution in [-0.4, -0.2) is 34.3 Å². The van der Waals surface area contributed by atoms with Gasteiger partial charge in [0.2, 0.25) is 5.43 Å². The number of benzene rings is 1. The number of carbonyl (C=O) groups is 1. The number of hydrogen-bond donors (Lipinski definition) is 3. The zero-order chi connectivity index (χ0) is 23.5. The van der Waals surface area contributed by atoms with E-state index in [1.54, 1.807) is 10.8 Å². The first-order chi connectivity index (χ1) is 15.9. The van der Waals surface area contributed by atoms with Crippen LogP contribution in [0.4, 0.5) is 15.8 Å². The number of nitrogens with two attached hydrogens (primary N) is 1. The molecule has 0 spiro atoms. The van der Waals surface area contributed by atoms with Crippen molar-refractivity contribution in [3.63, 3.8) is 0 Å². The van der Waals surface area contributed by atoms with E-state index < -0.39 is 22.8 Å². The van der Waals surface area contributed by atoms with Crippen molar-refractivity contribution in [2.75, 3.05) is 24.7 Å². The van der Waals surface area contributed by atoms with Crippen molar-refractivity contribution in [3.05, 3.63) is 57.9 Å². The lowest BCUT2D eigenvalue weighted by Gasteiger charge is -2.23. The Labute approximate surface area is 190 Å². The first-order valence-corrected chi connectivity index (χ1v) is 11.0. The summed E-state index contributed by atoms with van der Waals surface area (Å²) in [5.41, 5.74) is 5.79. The average Bonchev–Trinajstić information content (AvgIpc) is 3.35. The standard InChI is InChI=1S/C24H27FN4O4/c1-33-23-20(28-12-6-8-14-7-4-5-11-27-14)18(25)19(26)17-21(23)29(15-9-2-3-10-15)13-16(22(17)30)24(31)32/h4-5,7,11,13,15,28H,2-3,6,8-10,12,26H2,1H3,(H,31,32). The molecule has 3 aromatic rings. The molecule has 33 heavy (non-hydrogen) atoms. The van der Waals surface area contributed by atoms with Crippen LogP contribution in [-0.2, 0) is 6.42 Å². The number of nitrogens with one attached hydrogen (secondary N) is 1. The number of aryl methyl sites for hydroxylation is 1. The smallest absolute Gasteiger partial charge is 0.341 e. The lowest BCUT2D eigenvalue weighted by molar-refractivity contribution is 0.0694. The van der Waals surface area contributed by atoms with Crippen molar-refractivity contribution in [2.45, 2.75) is 44.6 Å². The summed E-state index contributed by atoms with van der Waals surface area (Å²) in [6, 6.07) is 5.66. The highest BCUT2D eigenvalue weighted by molar-refractivity contribution is 6.03. The SMILES string of the molecule is COc1c(NCCCc2ccccn2)c(F)c(N)c2c(=O)c(C(=O)O)cn(C3CCCC3)c12. The van der Waals surface area contributed by atoms with Gasteiger partial charge in [-0.15, -0.1) is 0 Å². The number of nitrogen functional groups attached to an aromatic ring is 1. The predicted octanol–water partition coefficient (Wildman–Crippen LogP) is 3.98. The Morgan fingerprint density at radius 2 is 2.12 bits per heavy atom. The van der Waals surface area contributed by atoms with Crippen molar-refractivity contribution in [2.24, 2.45) is 0 Å². The lowest BCUT2D eigenvalue weighted by atomic mass is 10.0. The number of methoxy groups -OCH3 is 1. The van der Waals surface area contributed by atoms with E-state index >= 15 is 4.39 Å². The molecule has 0 saturated heterocycles. The molecule has 0 radical (unpaired) electrons. The number of rotatable bonds is 8. The normalized spacial score (nSPS) is 14.0. The molecule has 174 valence electrons. The molecule has 1 aromatic carbocycles. The molecule has 1 aliphatic rings. The van der Waals surface area contributed by atoms with Crippen molar-refractivity contribution in [1.82, 2.24) is 9.55 Å². The van der Waals surface area contributed by atoms with Crippen LogP contribution in [0.2, 0.25) is 0 Å². The quantitative estimate of drug-likeness (QED) is 0.348. The molecule has 0 aliphatic heterocycles. The molecular weight excluding hydrogens is 427 g/mol. The van der Waals surface area contributed by atoms with Crippen LogP contribution in [0.5, 0.6) is 5.75 Å². The van der Waals surface area contributed by atoms with Gasteiger partial charge >= 0.3 is 5.97 Å². The number of halogens is 1. The minimum absolute atomic E-state index is 0.0260. The Hall–Kier alpha value is -3.62. The summed E-state index contributed by atoms with van der Waals surface area (Å²) in [6.07, 6.45) is 8.07. The molecule has 8 nitrogen and oxygen atoms in total. The number of carboxylic acid groups (broad SMARTS) is 1. The van der Waals surface area contributed by atoms with E-state index in [2.05, 4.69) is 10.3 Å². The van der Waals surface area contributed by atoms with Gasteiger partial charge in [0.25, 0.3) is 0 Å². The van der Waals surface area contributed by atoms with Crippen LogP contribution in [0.25, 0.3) is 10.9 Å². The molecule has 0 amide bonds. The molecule has 9 heteroatoms. The zero-order valence-electron chi connectivity index (χ0n) is 18.4. The van der Waals surface area contributed by atoms with E-state index in [1.807, 2.05) is 18.2 Å². The van der Waals surface area contributed by atoms with Gasteiger partial charge in [-0.3, -0.25) is 9.78 Å². The van der Waals surface area contributed by atoms with Crippen molar-refractivity contribution < 1.29 is 19.0 Å². The summed E-state index contributed by atoms with van der Waals surface area (Å²) in [7, 11) is 1.40. The second kappa shape index (κ2) is 9.48. The van der Waals surface area contributed by atoms with Gasteiger partial charge in [-0.2, -0.15) is 0 Å². The molecular formula is C24H27FN4O4. The highest BCUT2D eigenvalue weighted by Crippen LogP contribution is 2.42. The molecule has 4 rings (SSSR count). The number of hydrogen-bond acceptors (Lipinski definition) is 6. The van der Waals surface area contributed by atoms with Crippen molar-refractivity contribution in [1.29, 1.82) is 0 Å². The molecule has 2 heterocycles. The van der Waals surface area contributed by atoms with E-state index in [0.29, 0.717) is 24.9 Å². The molecule has 1 fully saturated rings. The fourth-order valence-electron chi connectivity index (χ4n) is 4.58. The second-order valence-electron chi connectivity index (χ2n) is 8.23. The predicted molar refractivity (Wildman–Crippen MR) is 125 cm³/mol. The number of ether oxygens (including phenoxy) is 1. The average molecular weight is 455 g/mol. The van der Waals surface area contributed by atoms with Crippen LogP contribution in [0, 0.1) is 5.82 Å². The second-order valence-corrected chi connectivity index (χ2v) is 8.23. The van der Waals surface area contributed by atoms with Crippen LogP contribution in [0.3, 0.4) is 0 Å². The highest BCUT2D eigenvalue weighted by Gasteiger charge is 2.29. The molecule has 1 aliphatic carbocycles. The van der Waals surface area contributed by atoms with E-state index in [-0.39, 0.29) is 28.6 Å². The Bertz CT molecular complexity index is 1240. The van der Waals surface area contributed by atoms with Crippen molar-refractivity contribution >= 4 is 28.2 Å². The summed E-state index contributed by atoms with van der Waals surface area (Å²) in [5, 5.41) is 12.5. The monoisotopic (exact) mass is 454 g/mol. The maximum Gasteiger partial charge on any atom is 0.341 e. The minimum atomic E-state index is -1.37. The molecule has 0 unspecified atom stereocenters. The summed E-state index contributed by atoms with van der Waals surface area (Å²) < 4.78 is 22.7. The van der Waals surface area contributed by atoms with Crippen LogP contribution in [0.15, 0.2) is 35.4 Å². The molecule has 0 atom stereocenters. The third-order valence-corrected chi connectivity index (χ3v) is 6.19. The number of aromatic carboxylic acids is 1. The molecule has 2 aromatic heterocycles. The van der Waals surface area contributed by atoms with Gasteiger partial charge in [0.05, 0.1) is 23.7 Å². The minimum Gasteiger partial charge on any atom is -0.492 e. The number of carboxylic acids is 1. The molecule has 1 saturated carbocycles. The fourth-order valence-corrected chi connectivity index (χ4v) is 4.58. The van der Waals surface area contributed by atoms with Gasteiger partial charge in [-0.05, 0) is 37.8 Å². The summed E-state index contributed by atoms with van der Waals surface area (Å²) in [6.45, 7) is 0.426. The van der Waals surface area contributed by atoms with Gasteiger partial charge in [-0.1, -0.05) is 18.9 Å². The number of anilines is 2. The van der Waals surface area contributed by atoms with Crippen LogP contribution in [0.1, 0.15) is 54.2 Å². The first-order valence-electron chi connectivity index (χ1n) is 11.0. The van der Waals surface area contributed by atoms with Crippen LogP contribution >= 0.6 is 0 Å². The number of pyridine rings is 2. The van der Waals surface area contributed by atoms with E-state index in [1.165, 1.54) is 13.3 Å². The van der Waals surface area contributed by atoms with Crippen molar-refractivity contribution in [3.8, 4) is 5.75 Å². The Morgan fingerprint density at radius 3 is 2.76 bits per heavy atom. The van der Waals surface area contributed by atoms with Gasteiger partial charge in [-0.25, -0.2) is 9.18 Å². The third-order valence-electron chi connectivity index (χ3n) is 6.19. The van der Waals surface area contributed by atoms with Crippen LogP contribution < -0.4 is 21.2 Å². The number of aromatic nitrogens is 2. The summed E-state index contributed by atoms with van der Waals surface area (Å²) in [5.74, 6) is -2.05. The summed E-state index contributed by atoms with van der Waals surface area (Å²) in [4.78, 5) is 29.0. The van der Waals surface area contributed by atoms with Gasteiger partial charge in [0, 0.05) is 30.7 Å². The largest absolute Gasteiger partial charge is 0.492 e. The number of fused-ring (bicyclic) bond motifs is 1. The molecule has 0 bridgehead atoms. The Kier molecular flexibility index (Phi) is 6.48. The topological polar surface area (TPSA) is 119 Å². The summed E-state index contributed by atoms with van der Waals surface area (Å²) >= 11 is 0. The van der Waals surface area contributed by atoms with E-state index in [0.717, 1.165) is 31.4 Å². The first kappa shape index (κ1) is 22.6. The van der Waals surface area contributed by atoms with Gasteiger partial charge in [0.15, 0.2) is 11.6 Å². The van der Waals surface area contributed by atoms with E-state index in [4.69, 9.17) is 10.5 Å². The Balaban J connectivity index is 1.80. The number of nitrogens with zero attached hydrogens (tertiary/aromatic N) is 2. The Morgan fingerprint density at radius 1 is 1.36 bits per heavy atom. The lowest BCUT2D eigenvalue weighted by Crippen LogP contribution is -2.23. The fraction of sp³-hybridized carbons (Fsp3) is 0.375. The molecule has 4 N–H and O–H groups in total. The van der Waals surface area contributed by atoms with Gasteiger partial charge < -0.3 is 25.5 Å². The third kappa shape index (κ3) is 4.22. The van der Waals surface area contributed by atoms with E-state index in [9.17, 15) is 14.7 Å². The zero-order valence-corrected chi connectivity index (χ0v) is 18.4. The maximum atomic E-state index is 15.4. The highest BCUT2D eigenvalue weighted by atomic mass is 19.1. The van der Waals surface area contributed by atoms with Gasteiger partial charge in [0.1, 0.15) is 11.3 Å². The maximum absolute atomic E-state index is 15.4.